The van der Waals surface area contributed by atoms with Gasteiger partial charge in [-0.1, -0.05) is 0 Å². The molecule has 0 radical (unpaired) electrons. The Morgan fingerprint density at radius 2 is 2.29 bits per heavy atom. The lowest BCUT2D eigenvalue weighted by Gasteiger charge is -2.12. The molecule has 6 nitrogen and oxygen atoms in total. The molecule has 1 aliphatic rings. The van der Waals surface area contributed by atoms with E-state index in [-0.39, 0.29) is 11.8 Å². The Hall–Kier alpha value is -1.82. The lowest BCUT2D eigenvalue weighted by molar-refractivity contribution is -0.119. The van der Waals surface area contributed by atoms with Crippen molar-refractivity contribution >= 4 is 17.4 Å². The van der Waals surface area contributed by atoms with E-state index < -0.39 is 0 Å². The highest BCUT2D eigenvalue weighted by molar-refractivity contribution is 6.14. The van der Waals surface area contributed by atoms with E-state index in [9.17, 15) is 4.79 Å². The van der Waals surface area contributed by atoms with Crippen LogP contribution in [0.3, 0.4) is 0 Å². The molecule has 1 unspecified atom stereocenters. The number of anilines is 1. The van der Waals surface area contributed by atoms with E-state index in [1.807, 2.05) is 6.92 Å². The summed E-state index contributed by atoms with van der Waals surface area (Å²) in [5, 5.41) is 5.55. The van der Waals surface area contributed by atoms with Crippen LogP contribution in [-0.4, -0.2) is 28.1 Å². The molecule has 0 bridgehead atoms. The summed E-state index contributed by atoms with van der Waals surface area (Å²) in [7, 11) is 0. The van der Waals surface area contributed by atoms with Crippen molar-refractivity contribution in [1.82, 2.24) is 9.97 Å². The molecule has 1 amide bonds. The third kappa shape index (κ3) is 2.31. The van der Waals surface area contributed by atoms with Crippen LogP contribution in [0.5, 0.6) is 0 Å². The molecular weight excluding hydrogens is 218 g/mol. The quantitative estimate of drug-likeness (QED) is 0.823. The number of carbonyl (C=O) groups excluding carboxylic acids is 1. The first-order chi connectivity index (χ1) is 8.24. The van der Waals surface area contributed by atoms with Crippen LogP contribution in [0.4, 0.5) is 5.82 Å². The maximum atomic E-state index is 12.1. The standard InChI is InChI=1S/C11H15N5O/c1-8-9(3-2-4-12)11(17)16(15-8)10-7-13-5-6-14-10/h5-7,9H,2-4,12H2,1H3. The van der Waals surface area contributed by atoms with Crippen molar-refractivity contribution in [2.24, 2.45) is 16.8 Å². The van der Waals surface area contributed by atoms with E-state index in [4.69, 9.17) is 5.73 Å². The average molecular weight is 233 g/mol. The summed E-state index contributed by atoms with van der Waals surface area (Å²) < 4.78 is 0. The van der Waals surface area contributed by atoms with Crippen LogP contribution in [0.25, 0.3) is 0 Å². The van der Waals surface area contributed by atoms with Gasteiger partial charge in [0.1, 0.15) is 0 Å². The molecule has 0 saturated carbocycles. The van der Waals surface area contributed by atoms with Crippen LogP contribution in [0.2, 0.25) is 0 Å². The monoisotopic (exact) mass is 233 g/mol. The molecule has 0 fully saturated rings. The molecule has 0 aliphatic carbocycles. The van der Waals surface area contributed by atoms with Crippen molar-refractivity contribution in [2.75, 3.05) is 11.6 Å². The molecule has 1 aromatic rings. The number of nitrogens with two attached hydrogens (primary N) is 1. The largest absolute Gasteiger partial charge is 0.330 e. The van der Waals surface area contributed by atoms with Crippen LogP contribution in [0, 0.1) is 5.92 Å². The first-order valence-corrected chi connectivity index (χ1v) is 5.59. The van der Waals surface area contributed by atoms with Crippen molar-refractivity contribution in [2.45, 2.75) is 19.8 Å². The summed E-state index contributed by atoms with van der Waals surface area (Å²) in [5.74, 6) is 0.254. The zero-order chi connectivity index (χ0) is 12.3. The molecule has 6 heteroatoms. The second kappa shape index (κ2) is 5.01. The number of rotatable bonds is 4. The lowest BCUT2D eigenvalue weighted by Crippen LogP contribution is -2.28. The second-order valence-corrected chi connectivity index (χ2v) is 3.94. The van der Waals surface area contributed by atoms with Gasteiger partial charge in [-0.15, -0.1) is 0 Å². The summed E-state index contributed by atoms with van der Waals surface area (Å²) in [4.78, 5) is 20.1. The Kier molecular flexibility index (Phi) is 3.43. The summed E-state index contributed by atoms with van der Waals surface area (Å²) in [6.07, 6.45) is 6.19. The van der Waals surface area contributed by atoms with Gasteiger partial charge in [-0.25, -0.2) is 4.98 Å². The minimum atomic E-state index is -0.166. The molecule has 1 atom stereocenters. The van der Waals surface area contributed by atoms with Gasteiger partial charge in [0.2, 0.25) is 0 Å². The maximum Gasteiger partial charge on any atom is 0.257 e. The van der Waals surface area contributed by atoms with Crippen molar-refractivity contribution in [1.29, 1.82) is 0 Å². The Morgan fingerprint density at radius 3 is 2.94 bits per heavy atom. The molecule has 0 saturated heterocycles. The Morgan fingerprint density at radius 1 is 1.47 bits per heavy atom. The predicted molar refractivity (Wildman–Crippen MR) is 64.4 cm³/mol. The number of carbonyl (C=O) groups is 1. The highest BCUT2D eigenvalue weighted by atomic mass is 16.2. The molecule has 2 rings (SSSR count). The average Bonchev–Trinajstić information content (AvgIpc) is 2.64. The van der Waals surface area contributed by atoms with E-state index in [2.05, 4.69) is 15.1 Å². The fraction of sp³-hybridized carbons (Fsp3) is 0.455. The van der Waals surface area contributed by atoms with Gasteiger partial charge < -0.3 is 5.73 Å². The highest BCUT2D eigenvalue weighted by Crippen LogP contribution is 2.23. The number of hydrazone groups is 1. The minimum Gasteiger partial charge on any atom is -0.330 e. The Labute approximate surface area is 99.5 Å². The van der Waals surface area contributed by atoms with Crippen LogP contribution in [-0.2, 0) is 4.79 Å². The van der Waals surface area contributed by atoms with Gasteiger partial charge >= 0.3 is 0 Å². The molecule has 17 heavy (non-hydrogen) atoms. The zero-order valence-electron chi connectivity index (χ0n) is 9.71. The number of hydrogen-bond donors (Lipinski definition) is 1. The maximum absolute atomic E-state index is 12.1. The fourth-order valence-corrected chi connectivity index (χ4v) is 1.82. The van der Waals surface area contributed by atoms with Gasteiger partial charge in [0.15, 0.2) is 5.82 Å². The van der Waals surface area contributed by atoms with E-state index in [0.29, 0.717) is 12.4 Å². The number of hydrogen-bond acceptors (Lipinski definition) is 5. The van der Waals surface area contributed by atoms with Crippen LogP contribution < -0.4 is 10.7 Å². The molecule has 1 aromatic heterocycles. The normalized spacial score (nSPS) is 19.6. The van der Waals surface area contributed by atoms with E-state index in [1.165, 1.54) is 11.2 Å². The summed E-state index contributed by atoms with van der Waals surface area (Å²) in [5.41, 5.74) is 6.27. The Balaban J connectivity index is 2.16. The zero-order valence-corrected chi connectivity index (χ0v) is 9.71. The van der Waals surface area contributed by atoms with E-state index in [0.717, 1.165) is 18.6 Å². The summed E-state index contributed by atoms with van der Waals surface area (Å²) in [6.45, 7) is 2.44. The molecule has 2 N–H and O–H groups in total. The van der Waals surface area contributed by atoms with E-state index in [1.54, 1.807) is 12.4 Å². The topological polar surface area (TPSA) is 84.5 Å². The predicted octanol–water partition coefficient (Wildman–Crippen LogP) is 0.554. The number of nitrogens with zero attached hydrogens (tertiary/aromatic N) is 4. The summed E-state index contributed by atoms with van der Waals surface area (Å²) >= 11 is 0. The van der Waals surface area contributed by atoms with Crippen molar-refractivity contribution in [3.63, 3.8) is 0 Å². The van der Waals surface area contributed by atoms with Gasteiger partial charge in [-0.2, -0.15) is 10.1 Å². The third-order valence-corrected chi connectivity index (χ3v) is 2.73. The smallest absolute Gasteiger partial charge is 0.257 e. The van der Waals surface area contributed by atoms with Crippen LogP contribution >= 0.6 is 0 Å². The SMILES string of the molecule is CC1=NN(c2cnccn2)C(=O)C1CCCN. The molecule has 0 spiro atoms. The molecular formula is C11H15N5O. The first-order valence-electron chi connectivity index (χ1n) is 5.59. The fourth-order valence-electron chi connectivity index (χ4n) is 1.82. The second-order valence-electron chi connectivity index (χ2n) is 3.94. The van der Waals surface area contributed by atoms with Crippen molar-refractivity contribution in [3.05, 3.63) is 18.6 Å². The van der Waals surface area contributed by atoms with Gasteiger partial charge in [-0.05, 0) is 26.3 Å². The molecule has 1 aliphatic heterocycles. The van der Waals surface area contributed by atoms with Gasteiger partial charge in [0.05, 0.1) is 12.1 Å². The molecule has 0 aromatic carbocycles. The van der Waals surface area contributed by atoms with Crippen LogP contribution in [0.1, 0.15) is 19.8 Å². The van der Waals surface area contributed by atoms with Crippen molar-refractivity contribution in [3.8, 4) is 0 Å². The minimum absolute atomic E-state index is 0.0450. The van der Waals surface area contributed by atoms with E-state index >= 15 is 0 Å². The third-order valence-electron chi connectivity index (χ3n) is 2.73. The number of amides is 1. The first kappa shape index (κ1) is 11.7. The Bertz CT molecular complexity index is 431. The van der Waals surface area contributed by atoms with Gasteiger partial charge in [0.25, 0.3) is 5.91 Å². The summed E-state index contributed by atoms with van der Waals surface area (Å²) in [6, 6.07) is 0. The number of aromatic nitrogens is 2. The van der Waals surface area contributed by atoms with Crippen LogP contribution in [0.15, 0.2) is 23.7 Å². The highest BCUT2D eigenvalue weighted by Gasteiger charge is 2.34. The van der Waals surface area contributed by atoms with Crippen molar-refractivity contribution < 1.29 is 4.79 Å². The molecule has 2 heterocycles. The van der Waals surface area contributed by atoms with Gasteiger partial charge in [0, 0.05) is 18.1 Å². The lowest BCUT2D eigenvalue weighted by atomic mass is 9.99. The molecule has 90 valence electrons. The van der Waals surface area contributed by atoms with Gasteiger partial charge in [-0.3, -0.25) is 9.78 Å².